The van der Waals surface area contributed by atoms with Crippen LogP contribution in [0.3, 0.4) is 0 Å². The van der Waals surface area contributed by atoms with Crippen molar-refractivity contribution in [3.8, 4) is 6.07 Å². The van der Waals surface area contributed by atoms with E-state index in [1.807, 2.05) is 0 Å². The molecule has 1 saturated carbocycles. The quantitative estimate of drug-likeness (QED) is 0.776. The zero-order valence-electron chi connectivity index (χ0n) is 11.4. The second kappa shape index (κ2) is 5.60. The third kappa shape index (κ3) is 2.73. The predicted molar refractivity (Wildman–Crippen MR) is 70.1 cm³/mol. The lowest BCUT2D eigenvalue weighted by Crippen LogP contribution is -2.47. The van der Waals surface area contributed by atoms with Gasteiger partial charge in [-0.15, -0.1) is 0 Å². The van der Waals surface area contributed by atoms with Crippen molar-refractivity contribution in [3.63, 3.8) is 0 Å². The molecule has 1 aliphatic carbocycles. The molecule has 0 bridgehead atoms. The summed E-state index contributed by atoms with van der Waals surface area (Å²) in [7, 11) is 0. The average Bonchev–Trinajstić information content (AvgIpc) is 2.59. The molecule has 0 aromatic carbocycles. The van der Waals surface area contributed by atoms with E-state index in [4.69, 9.17) is 5.26 Å². The maximum atomic E-state index is 12.5. The first-order valence-corrected chi connectivity index (χ1v) is 7.13. The van der Waals surface area contributed by atoms with Crippen molar-refractivity contribution in [3.05, 3.63) is 0 Å². The van der Waals surface area contributed by atoms with E-state index in [2.05, 4.69) is 11.4 Å². The van der Waals surface area contributed by atoms with Crippen LogP contribution in [0.25, 0.3) is 0 Å². The standard InChI is InChI=1S/C14H21N3O2/c1-11(9-15)10-17-12(18)14(16-13(17)19)7-5-3-2-4-6-8-14/h11H,2-8,10H2,1H3,(H,16,19). The molecule has 5 nitrogen and oxygen atoms in total. The van der Waals surface area contributed by atoms with E-state index in [0.717, 1.165) is 38.5 Å². The third-order valence-electron chi connectivity index (χ3n) is 4.13. The zero-order valence-corrected chi connectivity index (χ0v) is 11.4. The minimum absolute atomic E-state index is 0.124. The molecule has 19 heavy (non-hydrogen) atoms. The molecule has 1 atom stereocenters. The molecule has 1 spiro atoms. The molecule has 0 aromatic heterocycles. The van der Waals surface area contributed by atoms with Gasteiger partial charge < -0.3 is 5.32 Å². The summed E-state index contributed by atoms with van der Waals surface area (Å²) in [5, 5.41) is 11.7. The monoisotopic (exact) mass is 263 g/mol. The molecule has 1 saturated heterocycles. The Morgan fingerprint density at radius 3 is 2.42 bits per heavy atom. The van der Waals surface area contributed by atoms with Gasteiger partial charge in [-0.25, -0.2) is 4.79 Å². The van der Waals surface area contributed by atoms with Gasteiger partial charge in [0, 0.05) is 6.54 Å². The second-order valence-corrected chi connectivity index (χ2v) is 5.73. The molecule has 1 aliphatic heterocycles. The van der Waals surface area contributed by atoms with Crippen LogP contribution in [0.5, 0.6) is 0 Å². The lowest BCUT2D eigenvalue weighted by molar-refractivity contribution is -0.132. The Morgan fingerprint density at radius 2 is 1.84 bits per heavy atom. The summed E-state index contributed by atoms with van der Waals surface area (Å²) in [4.78, 5) is 25.8. The van der Waals surface area contributed by atoms with Gasteiger partial charge in [-0.3, -0.25) is 9.69 Å². The molecule has 0 aromatic rings. The first-order chi connectivity index (χ1) is 9.09. The highest BCUT2D eigenvalue weighted by Gasteiger charge is 2.50. The van der Waals surface area contributed by atoms with Crippen molar-refractivity contribution in [2.75, 3.05) is 6.54 Å². The van der Waals surface area contributed by atoms with Crippen LogP contribution >= 0.6 is 0 Å². The van der Waals surface area contributed by atoms with Crippen molar-refractivity contribution in [1.29, 1.82) is 5.26 Å². The number of rotatable bonds is 2. The highest BCUT2D eigenvalue weighted by Crippen LogP contribution is 2.32. The highest BCUT2D eigenvalue weighted by atomic mass is 16.2. The van der Waals surface area contributed by atoms with Gasteiger partial charge in [0.1, 0.15) is 5.54 Å². The lowest BCUT2D eigenvalue weighted by atomic mass is 9.84. The van der Waals surface area contributed by atoms with Gasteiger partial charge in [0.2, 0.25) is 0 Å². The van der Waals surface area contributed by atoms with Crippen LogP contribution in [0.1, 0.15) is 51.9 Å². The summed E-state index contributed by atoms with van der Waals surface area (Å²) < 4.78 is 0. The number of hydrogen-bond acceptors (Lipinski definition) is 3. The predicted octanol–water partition coefficient (Wildman–Crippen LogP) is 2.18. The molecule has 104 valence electrons. The first kappa shape index (κ1) is 13.9. The number of nitrogens with zero attached hydrogens (tertiary/aromatic N) is 2. The molecular formula is C14H21N3O2. The Labute approximate surface area is 113 Å². The molecule has 2 rings (SSSR count). The molecule has 1 N–H and O–H groups in total. The Morgan fingerprint density at radius 1 is 1.26 bits per heavy atom. The van der Waals surface area contributed by atoms with E-state index in [-0.39, 0.29) is 24.4 Å². The van der Waals surface area contributed by atoms with E-state index in [1.54, 1.807) is 6.92 Å². The van der Waals surface area contributed by atoms with Gasteiger partial charge in [-0.1, -0.05) is 32.1 Å². The smallest absolute Gasteiger partial charge is 0.323 e. The topological polar surface area (TPSA) is 73.2 Å². The van der Waals surface area contributed by atoms with Gasteiger partial charge in [-0.05, 0) is 19.8 Å². The highest BCUT2D eigenvalue weighted by molar-refractivity contribution is 6.07. The minimum Gasteiger partial charge on any atom is -0.323 e. The minimum atomic E-state index is -0.688. The third-order valence-corrected chi connectivity index (χ3v) is 4.13. The summed E-state index contributed by atoms with van der Waals surface area (Å²) in [6, 6.07) is 1.75. The number of nitrogens with one attached hydrogen (secondary N) is 1. The van der Waals surface area contributed by atoms with Crippen LogP contribution in [-0.4, -0.2) is 28.9 Å². The van der Waals surface area contributed by atoms with E-state index in [9.17, 15) is 9.59 Å². The van der Waals surface area contributed by atoms with Gasteiger partial charge in [-0.2, -0.15) is 5.26 Å². The number of nitriles is 1. The van der Waals surface area contributed by atoms with Crippen LogP contribution in [0.4, 0.5) is 4.79 Å². The molecule has 5 heteroatoms. The summed E-state index contributed by atoms with van der Waals surface area (Å²) in [6.07, 6.45) is 6.89. The molecule has 1 heterocycles. The van der Waals surface area contributed by atoms with Crippen molar-refractivity contribution in [2.24, 2.45) is 5.92 Å². The number of urea groups is 1. The fourth-order valence-corrected chi connectivity index (χ4v) is 3.00. The van der Waals surface area contributed by atoms with Gasteiger partial charge in [0.25, 0.3) is 5.91 Å². The lowest BCUT2D eigenvalue weighted by Gasteiger charge is -2.28. The number of carbonyl (C=O) groups excluding carboxylic acids is 2. The molecular weight excluding hydrogens is 242 g/mol. The average molecular weight is 263 g/mol. The molecule has 0 radical (unpaired) electrons. The number of hydrogen-bond donors (Lipinski definition) is 1. The maximum Gasteiger partial charge on any atom is 0.325 e. The molecule has 3 amide bonds. The van der Waals surface area contributed by atoms with E-state index in [1.165, 1.54) is 11.3 Å². The summed E-state index contributed by atoms with van der Waals surface area (Å²) in [5.74, 6) is -0.445. The van der Waals surface area contributed by atoms with E-state index in [0.29, 0.717) is 0 Å². The normalized spacial score (nSPS) is 24.5. The van der Waals surface area contributed by atoms with Crippen LogP contribution in [0, 0.1) is 17.2 Å². The van der Waals surface area contributed by atoms with E-state index >= 15 is 0 Å². The first-order valence-electron chi connectivity index (χ1n) is 7.13. The Balaban J connectivity index is 2.13. The largest absolute Gasteiger partial charge is 0.325 e. The van der Waals surface area contributed by atoms with E-state index < -0.39 is 5.54 Å². The Kier molecular flexibility index (Phi) is 4.08. The van der Waals surface area contributed by atoms with Crippen LogP contribution in [-0.2, 0) is 4.79 Å². The summed E-state index contributed by atoms with van der Waals surface area (Å²) in [6.45, 7) is 1.92. The van der Waals surface area contributed by atoms with Crippen molar-refractivity contribution >= 4 is 11.9 Å². The molecule has 2 aliphatic rings. The van der Waals surface area contributed by atoms with Crippen molar-refractivity contribution in [1.82, 2.24) is 10.2 Å². The van der Waals surface area contributed by atoms with Crippen LogP contribution in [0.15, 0.2) is 0 Å². The van der Waals surface area contributed by atoms with Crippen molar-refractivity contribution < 1.29 is 9.59 Å². The zero-order chi connectivity index (χ0) is 13.9. The SMILES string of the molecule is CC(C#N)CN1C(=O)NC2(CCCCCCC2)C1=O. The maximum absolute atomic E-state index is 12.5. The van der Waals surface area contributed by atoms with Gasteiger partial charge >= 0.3 is 6.03 Å². The van der Waals surface area contributed by atoms with Crippen LogP contribution in [0.2, 0.25) is 0 Å². The molecule has 1 unspecified atom stereocenters. The number of amides is 3. The summed E-state index contributed by atoms with van der Waals surface area (Å²) >= 11 is 0. The second-order valence-electron chi connectivity index (χ2n) is 5.73. The van der Waals surface area contributed by atoms with Gasteiger partial charge in [0.15, 0.2) is 0 Å². The number of carbonyl (C=O) groups is 2. The molecule has 2 fully saturated rings. The van der Waals surface area contributed by atoms with Gasteiger partial charge in [0.05, 0.1) is 12.0 Å². The fraction of sp³-hybridized carbons (Fsp3) is 0.786. The number of imide groups is 1. The van der Waals surface area contributed by atoms with Crippen molar-refractivity contribution in [2.45, 2.75) is 57.4 Å². The Bertz CT molecular complexity index is 405. The fourth-order valence-electron chi connectivity index (χ4n) is 3.00. The Hall–Kier alpha value is -1.57. The van der Waals surface area contributed by atoms with Crippen LogP contribution < -0.4 is 5.32 Å². The summed E-state index contributed by atoms with van der Waals surface area (Å²) in [5.41, 5.74) is -0.688.